The van der Waals surface area contributed by atoms with E-state index in [2.05, 4.69) is 6.92 Å². The molecule has 0 unspecified atom stereocenters. The van der Waals surface area contributed by atoms with Crippen molar-refractivity contribution in [3.8, 4) is 0 Å². The van der Waals surface area contributed by atoms with Gasteiger partial charge in [-0.25, -0.2) is 4.79 Å². The molecule has 3 aliphatic heterocycles. The van der Waals surface area contributed by atoms with Crippen molar-refractivity contribution in [3.05, 3.63) is 11.6 Å². The molecule has 0 radical (unpaired) electrons. The number of carbonyl (C=O) groups excluding carboxylic acids is 1. The third-order valence-electron chi connectivity index (χ3n) is 10.3. The molecule has 0 spiro atoms. The Morgan fingerprint density at radius 2 is 1.09 bits per heavy atom. The van der Waals surface area contributed by atoms with Crippen molar-refractivity contribution in [1.29, 1.82) is 0 Å². The van der Waals surface area contributed by atoms with Gasteiger partial charge in [-0.3, -0.25) is 0 Å². The Morgan fingerprint density at radius 3 is 1.60 bits per heavy atom. The highest BCUT2D eigenvalue weighted by Crippen LogP contribution is 2.34. The number of esters is 1. The molecule has 45 heavy (non-hydrogen) atoms. The number of aliphatic hydroxyl groups excluding tert-OH is 3. The van der Waals surface area contributed by atoms with E-state index in [0.717, 1.165) is 95.5 Å². The van der Waals surface area contributed by atoms with Gasteiger partial charge in [-0.05, 0) is 77.2 Å². The lowest BCUT2D eigenvalue weighted by Crippen LogP contribution is -2.33. The molecule has 7 heteroatoms. The number of rotatable bonds is 26. The topological polar surface area (TPSA) is 105 Å². The molecule has 0 aromatic heterocycles. The highest BCUT2D eigenvalue weighted by atomic mass is 16.6. The zero-order chi connectivity index (χ0) is 32.3. The average molecular weight is 637 g/mol. The van der Waals surface area contributed by atoms with Crippen molar-refractivity contribution >= 4 is 5.97 Å². The van der Waals surface area contributed by atoms with Crippen LogP contribution in [-0.2, 0) is 19.0 Å². The van der Waals surface area contributed by atoms with Crippen molar-refractivity contribution in [2.24, 2.45) is 0 Å². The Kier molecular flexibility index (Phi) is 19.3. The Labute approximate surface area is 274 Å². The number of aliphatic hydroxyl groups is 3. The van der Waals surface area contributed by atoms with E-state index in [-0.39, 0.29) is 42.6 Å². The zero-order valence-electron chi connectivity index (χ0n) is 28.8. The summed E-state index contributed by atoms with van der Waals surface area (Å²) in [6.45, 7) is 4.12. The SMILES string of the molecule is CCCCCC[C@H](O)CCCC[C@@H](O)[C@@H]1CC[C@@H]([C@@H]2CC[C@@H]([C@H](O)CCCCCCCCCCCCC3=C[C@@H](C)OC3=O)O2)O1. The Morgan fingerprint density at radius 1 is 0.644 bits per heavy atom. The number of ether oxygens (including phenoxy) is 3. The minimum absolute atomic E-state index is 0.0269. The van der Waals surface area contributed by atoms with E-state index in [9.17, 15) is 20.1 Å². The Balaban J connectivity index is 1.12. The van der Waals surface area contributed by atoms with Crippen LogP contribution < -0.4 is 0 Å². The minimum atomic E-state index is -0.447. The van der Waals surface area contributed by atoms with Gasteiger partial charge in [0.05, 0.1) is 42.7 Å². The summed E-state index contributed by atoms with van der Waals surface area (Å²) in [5, 5.41) is 31.7. The van der Waals surface area contributed by atoms with E-state index < -0.39 is 12.2 Å². The van der Waals surface area contributed by atoms with Crippen molar-refractivity contribution in [3.63, 3.8) is 0 Å². The van der Waals surface area contributed by atoms with Crippen LogP contribution in [0.4, 0.5) is 0 Å². The van der Waals surface area contributed by atoms with Crippen LogP contribution >= 0.6 is 0 Å². The van der Waals surface area contributed by atoms with Gasteiger partial charge >= 0.3 is 5.97 Å². The summed E-state index contributed by atoms with van der Waals surface area (Å²) in [4.78, 5) is 11.6. The van der Waals surface area contributed by atoms with Gasteiger partial charge in [0, 0.05) is 5.57 Å². The maximum atomic E-state index is 11.6. The molecular formula is C38H68O7. The summed E-state index contributed by atoms with van der Waals surface area (Å²) in [6.07, 6.45) is 27.1. The third-order valence-corrected chi connectivity index (χ3v) is 10.3. The number of unbranched alkanes of at least 4 members (excludes halogenated alkanes) is 13. The van der Waals surface area contributed by atoms with E-state index in [1.54, 1.807) is 0 Å². The Hall–Kier alpha value is -0.990. The average Bonchev–Trinajstić information content (AvgIpc) is 3.78. The van der Waals surface area contributed by atoms with E-state index in [1.807, 2.05) is 13.0 Å². The largest absolute Gasteiger partial charge is 0.455 e. The summed E-state index contributed by atoms with van der Waals surface area (Å²) in [5.41, 5.74) is 0.863. The quantitative estimate of drug-likeness (QED) is 0.0649. The van der Waals surface area contributed by atoms with Gasteiger partial charge in [-0.2, -0.15) is 0 Å². The van der Waals surface area contributed by atoms with Crippen LogP contribution in [0.1, 0.15) is 174 Å². The molecule has 3 rings (SSSR count). The molecule has 3 N–H and O–H groups in total. The molecule has 7 nitrogen and oxygen atoms in total. The van der Waals surface area contributed by atoms with E-state index in [0.29, 0.717) is 0 Å². The lowest BCUT2D eigenvalue weighted by Gasteiger charge is -2.24. The van der Waals surface area contributed by atoms with Crippen molar-refractivity contribution < 1.29 is 34.3 Å². The fourth-order valence-corrected chi connectivity index (χ4v) is 7.45. The van der Waals surface area contributed by atoms with Gasteiger partial charge < -0.3 is 29.5 Å². The summed E-state index contributed by atoms with van der Waals surface area (Å²) < 4.78 is 17.7. The minimum Gasteiger partial charge on any atom is -0.455 e. The van der Waals surface area contributed by atoms with Crippen LogP contribution in [0, 0.1) is 0 Å². The Bertz CT molecular complexity index is 816. The monoisotopic (exact) mass is 636 g/mol. The molecule has 0 aromatic carbocycles. The van der Waals surface area contributed by atoms with Crippen LogP contribution in [0.2, 0.25) is 0 Å². The fraction of sp³-hybridized carbons (Fsp3) is 0.921. The van der Waals surface area contributed by atoms with Crippen LogP contribution in [0.5, 0.6) is 0 Å². The molecule has 3 heterocycles. The van der Waals surface area contributed by atoms with Gasteiger partial charge in [-0.15, -0.1) is 0 Å². The second-order valence-electron chi connectivity index (χ2n) is 14.4. The second-order valence-corrected chi connectivity index (χ2v) is 14.4. The summed E-state index contributed by atoms with van der Waals surface area (Å²) in [6, 6.07) is 0. The maximum absolute atomic E-state index is 11.6. The number of hydrogen-bond donors (Lipinski definition) is 3. The molecule has 0 amide bonds. The lowest BCUT2D eigenvalue weighted by molar-refractivity contribution is -0.139. The fourth-order valence-electron chi connectivity index (χ4n) is 7.45. The van der Waals surface area contributed by atoms with Crippen molar-refractivity contribution in [1.82, 2.24) is 0 Å². The molecule has 3 aliphatic rings. The smallest absolute Gasteiger partial charge is 0.334 e. The highest BCUT2D eigenvalue weighted by Gasteiger charge is 2.40. The summed E-state index contributed by atoms with van der Waals surface area (Å²) in [7, 11) is 0. The highest BCUT2D eigenvalue weighted by molar-refractivity contribution is 5.90. The normalized spacial score (nSPS) is 27.1. The molecule has 2 fully saturated rings. The molecule has 0 saturated carbocycles. The molecule has 262 valence electrons. The predicted molar refractivity (Wildman–Crippen MR) is 180 cm³/mol. The van der Waals surface area contributed by atoms with Gasteiger partial charge in [0.1, 0.15) is 6.10 Å². The van der Waals surface area contributed by atoms with Crippen LogP contribution in [0.3, 0.4) is 0 Å². The molecular weight excluding hydrogens is 568 g/mol. The number of cyclic esters (lactones) is 1. The standard InChI is InChI=1S/C38H68O7/c1-3-4-5-15-20-31(39)21-17-18-23-33(41)35-25-27-37(45-35)36-26-24-34(44-36)32(40)22-16-13-11-9-7-6-8-10-12-14-19-30-28-29(2)43-38(30)42/h28-29,31-37,39-41H,3-27H2,1-2H3/t29-,31+,32-,33-,34+,35+,36+,37+/m1/s1. The van der Waals surface area contributed by atoms with Crippen LogP contribution in [0.25, 0.3) is 0 Å². The van der Waals surface area contributed by atoms with E-state index in [4.69, 9.17) is 14.2 Å². The molecule has 0 bridgehead atoms. The van der Waals surface area contributed by atoms with Crippen LogP contribution in [0.15, 0.2) is 11.6 Å². The third kappa shape index (κ3) is 15.2. The summed E-state index contributed by atoms with van der Waals surface area (Å²) in [5.74, 6) is -0.123. The van der Waals surface area contributed by atoms with Crippen molar-refractivity contribution in [2.45, 2.75) is 223 Å². The van der Waals surface area contributed by atoms with Crippen LogP contribution in [-0.4, -0.2) is 70.1 Å². The summed E-state index contributed by atoms with van der Waals surface area (Å²) >= 11 is 0. The lowest BCUT2D eigenvalue weighted by atomic mass is 10.00. The first kappa shape index (κ1) is 38.5. The maximum Gasteiger partial charge on any atom is 0.334 e. The molecule has 0 aliphatic carbocycles. The predicted octanol–water partition coefficient (Wildman–Crippen LogP) is 8.25. The van der Waals surface area contributed by atoms with E-state index >= 15 is 0 Å². The first-order valence-corrected chi connectivity index (χ1v) is 19.1. The van der Waals surface area contributed by atoms with Gasteiger partial charge in [0.15, 0.2) is 0 Å². The van der Waals surface area contributed by atoms with Gasteiger partial charge in [-0.1, -0.05) is 103 Å². The number of hydrogen-bond acceptors (Lipinski definition) is 7. The molecule has 2 saturated heterocycles. The van der Waals surface area contributed by atoms with Gasteiger partial charge in [0.2, 0.25) is 0 Å². The first-order valence-electron chi connectivity index (χ1n) is 19.1. The number of carbonyl (C=O) groups is 1. The van der Waals surface area contributed by atoms with Gasteiger partial charge in [0.25, 0.3) is 0 Å². The van der Waals surface area contributed by atoms with E-state index in [1.165, 1.54) is 70.6 Å². The van der Waals surface area contributed by atoms with Crippen molar-refractivity contribution in [2.75, 3.05) is 0 Å². The zero-order valence-corrected chi connectivity index (χ0v) is 28.8. The molecule has 8 atom stereocenters. The second kappa shape index (κ2) is 22.6. The molecule has 0 aromatic rings. The first-order chi connectivity index (χ1) is 21.9.